The van der Waals surface area contributed by atoms with E-state index in [4.69, 9.17) is 4.74 Å². The van der Waals surface area contributed by atoms with E-state index in [9.17, 15) is 4.79 Å². The molecule has 1 fully saturated rings. The lowest BCUT2D eigenvalue weighted by molar-refractivity contribution is -0.111. The topological polar surface area (TPSA) is 81.1 Å². The maximum absolute atomic E-state index is 12.2. The van der Waals surface area contributed by atoms with Crippen molar-refractivity contribution in [3.05, 3.63) is 42.5 Å². The fraction of sp³-hybridized carbons (Fsp3) is 0.389. The number of hydrogen-bond donors (Lipinski definition) is 2. The summed E-state index contributed by atoms with van der Waals surface area (Å²) in [5.74, 6) is -0.218. The standard InChI is InChI=1S/C18H23N5O2/c1-13(17-4-3-9-25-17)21-15-7-8-19-11-16(15)22-18(24)6-5-14-10-20-23(2)12-14/h5-8,10-13,17H,3-4,9H2,1-2H3,(H,19,21)(H,22,24)/b6-5+. The highest BCUT2D eigenvalue weighted by Crippen LogP contribution is 2.24. The largest absolute Gasteiger partial charge is 0.378 e. The minimum absolute atomic E-state index is 0.159. The number of aryl methyl sites for hydroxylation is 1. The molecule has 25 heavy (non-hydrogen) atoms. The molecule has 2 aromatic heterocycles. The molecule has 0 bridgehead atoms. The molecule has 0 aliphatic carbocycles. The zero-order valence-electron chi connectivity index (χ0n) is 14.5. The minimum Gasteiger partial charge on any atom is -0.378 e. The number of rotatable bonds is 6. The monoisotopic (exact) mass is 341 g/mol. The van der Waals surface area contributed by atoms with Crippen molar-refractivity contribution in [1.29, 1.82) is 0 Å². The van der Waals surface area contributed by atoms with Gasteiger partial charge in [0, 0.05) is 43.7 Å². The summed E-state index contributed by atoms with van der Waals surface area (Å²) in [6, 6.07) is 2.01. The van der Waals surface area contributed by atoms with Crippen LogP contribution < -0.4 is 10.6 Å². The predicted octanol–water partition coefficient (Wildman–Crippen LogP) is 2.45. The zero-order valence-corrected chi connectivity index (χ0v) is 14.5. The van der Waals surface area contributed by atoms with Crippen molar-refractivity contribution in [2.45, 2.75) is 31.9 Å². The zero-order chi connectivity index (χ0) is 17.6. The number of nitrogens with one attached hydrogen (secondary N) is 2. The Morgan fingerprint density at radius 1 is 1.44 bits per heavy atom. The molecule has 1 amide bonds. The number of carbonyl (C=O) groups is 1. The van der Waals surface area contributed by atoms with Crippen LogP contribution in [0.1, 0.15) is 25.3 Å². The fourth-order valence-corrected chi connectivity index (χ4v) is 2.83. The quantitative estimate of drug-likeness (QED) is 0.789. The van der Waals surface area contributed by atoms with E-state index >= 15 is 0 Å². The van der Waals surface area contributed by atoms with Crippen molar-refractivity contribution < 1.29 is 9.53 Å². The Kier molecular flexibility index (Phi) is 5.45. The van der Waals surface area contributed by atoms with Gasteiger partial charge in [-0.25, -0.2) is 0 Å². The summed E-state index contributed by atoms with van der Waals surface area (Å²) in [7, 11) is 1.83. The van der Waals surface area contributed by atoms with Crippen molar-refractivity contribution in [2.24, 2.45) is 7.05 Å². The second kappa shape index (κ2) is 7.94. The molecule has 1 aliphatic heterocycles. The SMILES string of the molecule is CC(Nc1ccncc1NC(=O)/C=C/c1cnn(C)c1)C1CCCO1. The Balaban J connectivity index is 1.63. The number of anilines is 2. The molecule has 132 valence electrons. The minimum atomic E-state index is -0.218. The summed E-state index contributed by atoms with van der Waals surface area (Å²) in [6.07, 6.45) is 12.4. The van der Waals surface area contributed by atoms with Gasteiger partial charge in [0.2, 0.25) is 5.91 Å². The summed E-state index contributed by atoms with van der Waals surface area (Å²) < 4.78 is 7.40. The predicted molar refractivity (Wildman–Crippen MR) is 97.2 cm³/mol. The molecule has 0 saturated carbocycles. The lowest BCUT2D eigenvalue weighted by atomic mass is 10.1. The summed E-state index contributed by atoms with van der Waals surface area (Å²) in [5.41, 5.74) is 2.35. The van der Waals surface area contributed by atoms with Crippen LogP contribution >= 0.6 is 0 Å². The van der Waals surface area contributed by atoms with E-state index in [1.165, 1.54) is 6.08 Å². The van der Waals surface area contributed by atoms with Gasteiger partial charge in [-0.15, -0.1) is 0 Å². The lowest BCUT2D eigenvalue weighted by Gasteiger charge is -2.22. The van der Waals surface area contributed by atoms with E-state index < -0.39 is 0 Å². The number of hydrogen-bond acceptors (Lipinski definition) is 5. The van der Waals surface area contributed by atoms with Crippen LogP contribution in [0.2, 0.25) is 0 Å². The van der Waals surface area contributed by atoms with E-state index in [1.807, 2.05) is 19.3 Å². The maximum atomic E-state index is 12.2. The van der Waals surface area contributed by atoms with Gasteiger partial charge in [-0.05, 0) is 31.9 Å². The number of amides is 1. The van der Waals surface area contributed by atoms with Gasteiger partial charge in [-0.2, -0.15) is 5.10 Å². The highest BCUT2D eigenvalue weighted by atomic mass is 16.5. The van der Waals surface area contributed by atoms with Crippen molar-refractivity contribution in [1.82, 2.24) is 14.8 Å². The Hall–Kier alpha value is -2.67. The fourth-order valence-electron chi connectivity index (χ4n) is 2.83. The van der Waals surface area contributed by atoms with Crippen LogP contribution in [0.5, 0.6) is 0 Å². The third-order valence-electron chi connectivity index (χ3n) is 4.14. The smallest absolute Gasteiger partial charge is 0.248 e. The Morgan fingerprint density at radius 3 is 3.04 bits per heavy atom. The van der Waals surface area contributed by atoms with E-state index in [1.54, 1.807) is 29.3 Å². The highest BCUT2D eigenvalue weighted by molar-refractivity contribution is 6.03. The van der Waals surface area contributed by atoms with Crippen LogP contribution in [0.15, 0.2) is 36.9 Å². The molecule has 2 aromatic rings. The molecular formula is C18H23N5O2. The van der Waals surface area contributed by atoms with Crippen LogP contribution in [0.25, 0.3) is 6.08 Å². The Bertz CT molecular complexity index is 749. The molecule has 2 unspecified atom stereocenters. The van der Waals surface area contributed by atoms with E-state index in [-0.39, 0.29) is 18.1 Å². The van der Waals surface area contributed by atoms with Crippen LogP contribution in [0.3, 0.4) is 0 Å². The normalized spacial score (nSPS) is 18.4. The average molecular weight is 341 g/mol. The average Bonchev–Trinajstić information content (AvgIpc) is 3.26. The number of ether oxygens (including phenoxy) is 1. The third-order valence-corrected chi connectivity index (χ3v) is 4.14. The number of carbonyl (C=O) groups excluding carboxylic acids is 1. The van der Waals surface area contributed by atoms with Crippen LogP contribution in [-0.2, 0) is 16.6 Å². The lowest BCUT2D eigenvalue weighted by Crippen LogP contribution is -2.30. The van der Waals surface area contributed by atoms with Crippen molar-refractivity contribution in [3.63, 3.8) is 0 Å². The maximum Gasteiger partial charge on any atom is 0.248 e. The first-order valence-electron chi connectivity index (χ1n) is 8.41. The van der Waals surface area contributed by atoms with Crippen molar-refractivity contribution >= 4 is 23.4 Å². The van der Waals surface area contributed by atoms with E-state index in [0.29, 0.717) is 5.69 Å². The van der Waals surface area contributed by atoms with Gasteiger partial charge in [0.25, 0.3) is 0 Å². The van der Waals surface area contributed by atoms with Gasteiger partial charge in [0.1, 0.15) is 0 Å². The van der Waals surface area contributed by atoms with Crippen molar-refractivity contribution in [3.8, 4) is 0 Å². The number of aromatic nitrogens is 3. The number of nitrogens with zero attached hydrogens (tertiary/aromatic N) is 3. The number of pyridine rings is 1. The first-order chi connectivity index (χ1) is 12.1. The Labute approximate surface area is 147 Å². The molecule has 0 radical (unpaired) electrons. The molecule has 7 heteroatoms. The second-order valence-corrected chi connectivity index (χ2v) is 6.18. The first-order valence-corrected chi connectivity index (χ1v) is 8.41. The summed E-state index contributed by atoms with van der Waals surface area (Å²) in [5, 5.41) is 10.3. The van der Waals surface area contributed by atoms with Gasteiger partial charge < -0.3 is 15.4 Å². The molecule has 3 rings (SSSR count). The van der Waals surface area contributed by atoms with Gasteiger partial charge in [0.05, 0.1) is 29.9 Å². The second-order valence-electron chi connectivity index (χ2n) is 6.18. The van der Waals surface area contributed by atoms with Crippen LogP contribution in [0.4, 0.5) is 11.4 Å². The molecule has 1 aliphatic rings. The van der Waals surface area contributed by atoms with Gasteiger partial charge in [-0.3, -0.25) is 14.5 Å². The van der Waals surface area contributed by atoms with Crippen LogP contribution in [-0.4, -0.2) is 39.4 Å². The summed E-state index contributed by atoms with van der Waals surface area (Å²) in [4.78, 5) is 16.3. The van der Waals surface area contributed by atoms with Gasteiger partial charge >= 0.3 is 0 Å². The highest BCUT2D eigenvalue weighted by Gasteiger charge is 2.22. The van der Waals surface area contributed by atoms with E-state index in [2.05, 4.69) is 27.6 Å². The van der Waals surface area contributed by atoms with E-state index in [0.717, 1.165) is 30.7 Å². The molecule has 3 heterocycles. The molecule has 7 nitrogen and oxygen atoms in total. The summed E-state index contributed by atoms with van der Waals surface area (Å²) >= 11 is 0. The van der Waals surface area contributed by atoms with Gasteiger partial charge in [-0.1, -0.05) is 0 Å². The van der Waals surface area contributed by atoms with Gasteiger partial charge in [0.15, 0.2) is 0 Å². The summed E-state index contributed by atoms with van der Waals surface area (Å²) in [6.45, 7) is 2.90. The molecule has 2 N–H and O–H groups in total. The molecule has 1 saturated heterocycles. The molecule has 0 spiro atoms. The van der Waals surface area contributed by atoms with Crippen molar-refractivity contribution in [2.75, 3.05) is 17.2 Å². The first kappa shape index (κ1) is 17.2. The van der Waals surface area contributed by atoms with Crippen LogP contribution in [0, 0.1) is 0 Å². The third kappa shape index (κ3) is 4.67. The molecule has 0 aromatic carbocycles. The molecule has 2 atom stereocenters. The Morgan fingerprint density at radius 2 is 2.32 bits per heavy atom. The molecular weight excluding hydrogens is 318 g/mol.